The summed E-state index contributed by atoms with van der Waals surface area (Å²) in [6.45, 7) is 5.98. The molecule has 0 radical (unpaired) electrons. The molecule has 1 heterocycles. The van der Waals surface area contributed by atoms with Gasteiger partial charge in [-0.05, 0) is 61.7 Å². The summed E-state index contributed by atoms with van der Waals surface area (Å²) in [5.74, 6) is 0.289. The third kappa shape index (κ3) is 3.98. The van der Waals surface area contributed by atoms with Crippen molar-refractivity contribution in [2.45, 2.75) is 20.8 Å². The zero-order chi connectivity index (χ0) is 21.3. The van der Waals surface area contributed by atoms with E-state index in [0.29, 0.717) is 16.5 Å². The Morgan fingerprint density at radius 2 is 1.63 bits per heavy atom. The minimum absolute atomic E-state index is 0.0868. The van der Waals surface area contributed by atoms with Crippen molar-refractivity contribution in [2.75, 3.05) is 5.32 Å². The van der Waals surface area contributed by atoms with Gasteiger partial charge in [0.05, 0.1) is 5.69 Å². The molecule has 0 fully saturated rings. The van der Waals surface area contributed by atoms with Crippen molar-refractivity contribution in [1.82, 2.24) is 14.8 Å². The Hall–Kier alpha value is -3.44. The van der Waals surface area contributed by atoms with Gasteiger partial charge < -0.3 is 5.32 Å². The molecule has 1 amide bonds. The molecule has 4 rings (SSSR count). The number of halogens is 1. The Kier molecular flexibility index (Phi) is 5.38. The van der Waals surface area contributed by atoms with E-state index in [9.17, 15) is 4.79 Å². The molecule has 5 nitrogen and oxygen atoms in total. The molecular formula is C24H21ClN4O. The zero-order valence-corrected chi connectivity index (χ0v) is 17.7. The maximum absolute atomic E-state index is 12.9. The van der Waals surface area contributed by atoms with Crippen molar-refractivity contribution >= 4 is 23.2 Å². The van der Waals surface area contributed by atoms with E-state index in [4.69, 9.17) is 11.6 Å². The van der Waals surface area contributed by atoms with Crippen molar-refractivity contribution in [3.8, 4) is 17.1 Å². The van der Waals surface area contributed by atoms with Gasteiger partial charge in [0.25, 0.3) is 5.91 Å². The van der Waals surface area contributed by atoms with E-state index in [1.165, 1.54) is 0 Å². The van der Waals surface area contributed by atoms with E-state index in [1.807, 2.05) is 87.5 Å². The number of benzene rings is 3. The Labute approximate surface area is 180 Å². The number of hydrogen-bond donors (Lipinski definition) is 1. The van der Waals surface area contributed by atoms with Crippen molar-refractivity contribution in [1.29, 1.82) is 0 Å². The predicted octanol–water partition coefficient (Wildman–Crippen LogP) is 5.77. The van der Waals surface area contributed by atoms with Crippen LogP contribution in [0.4, 0.5) is 5.69 Å². The molecule has 0 atom stereocenters. The highest BCUT2D eigenvalue weighted by Gasteiger charge is 2.19. The fourth-order valence-electron chi connectivity index (χ4n) is 3.08. The lowest BCUT2D eigenvalue weighted by Gasteiger charge is -2.07. The average Bonchev–Trinajstić information content (AvgIpc) is 3.19. The summed E-state index contributed by atoms with van der Waals surface area (Å²) in [6, 6.07) is 21.1. The van der Waals surface area contributed by atoms with Crippen LogP contribution >= 0.6 is 11.6 Å². The molecule has 0 spiro atoms. The van der Waals surface area contributed by atoms with Crippen LogP contribution in [0.25, 0.3) is 17.1 Å². The third-order valence-corrected chi connectivity index (χ3v) is 5.41. The molecule has 3 aromatic carbocycles. The second-order valence-corrected chi connectivity index (χ2v) is 7.63. The smallest absolute Gasteiger partial charge is 0.295 e. The van der Waals surface area contributed by atoms with E-state index < -0.39 is 0 Å². The molecule has 4 aromatic rings. The van der Waals surface area contributed by atoms with Crippen molar-refractivity contribution in [3.05, 3.63) is 94.3 Å². The highest BCUT2D eigenvalue weighted by atomic mass is 35.5. The number of anilines is 1. The molecule has 0 saturated carbocycles. The number of carbonyl (C=O) groups excluding carboxylic acids is 1. The van der Waals surface area contributed by atoms with E-state index in [-0.39, 0.29) is 11.7 Å². The number of aromatic nitrogens is 3. The van der Waals surface area contributed by atoms with Gasteiger partial charge in [-0.2, -0.15) is 0 Å². The SMILES string of the molecule is Cc1ccc(NC(=O)c2nc(-c3ccccc3)n(-c3ccc(C)c(Cl)c3)n2)cc1C. The third-order valence-electron chi connectivity index (χ3n) is 5.01. The summed E-state index contributed by atoms with van der Waals surface area (Å²) < 4.78 is 1.65. The summed E-state index contributed by atoms with van der Waals surface area (Å²) >= 11 is 6.33. The monoisotopic (exact) mass is 416 g/mol. The molecule has 1 aromatic heterocycles. The number of nitrogens with zero attached hydrogens (tertiary/aromatic N) is 3. The van der Waals surface area contributed by atoms with Crippen molar-refractivity contribution < 1.29 is 4.79 Å². The van der Waals surface area contributed by atoms with Crippen LogP contribution in [0.1, 0.15) is 27.3 Å². The summed E-state index contributed by atoms with van der Waals surface area (Å²) in [6.07, 6.45) is 0. The summed E-state index contributed by atoms with van der Waals surface area (Å²) in [5, 5.41) is 8.01. The Bertz CT molecular complexity index is 1230. The van der Waals surface area contributed by atoms with Gasteiger partial charge in [-0.15, -0.1) is 5.10 Å². The maximum Gasteiger partial charge on any atom is 0.295 e. The van der Waals surface area contributed by atoms with Gasteiger partial charge in [-0.3, -0.25) is 4.79 Å². The normalized spacial score (nSPS) is 10.8. The Balaban J connectivity index is 1.75. The average molecular weight is 417 g/mol. The highest BCUT2D eigenvalue weighted by molar-refractivity contribution is 6.31. The largest absolute Gasteiger partial charge is 0.319 e. The minimum atomic E-state index is -0.368. The lowest BCUT2D eigenvalue weighted by atomic mass is 10.1. The number of nitrogens with one attached hydrogen (secondary N) is 1. The summed E-state index contributed by atoms with van der Waals surface area (Å²) in [5.41, 5.74) is 5.53. The van der Waals surface area contributed by atoms with Gasteiger partial charge in [0.1, 0.15) is 0 Å². The molecule has 0 saturated heterocycles. The maximum atomic E-state index is 12.9. The van der Waals surface area contributed by atoms with Crippen LogP contribution in [0.5, 0.6) is 0 Å². The lowest BCUT2D eigenvalue weighted by molar-refractivity contribution is 0.101. The molecular weight excluding hydrogens is 396 g/mol. The van der Waals surface area contributed by atoms with Crippen LogP contribution in [0.15, 0.2) is 66.7 Å². The molecule has 150 valence electrons. The first-order valence-electron chi connectivity index (χ1n) is 9.60. The van der Waals surface area contributed by atoms with E-state index in [2.05, 4.69) is 15.4 Å². The summed E-state index contributed by atoms with van der Waals surface area (Å²) in [4.78, 5) is 17.4. The summed E-state index contributed by atoms with van der Waals surface area (Å²) in [7, 11) is 0. The molecule has 1 N–H and O–H groups in total. The molecule has 0 aliphatic heterocycles. The van der Waals surface area contributed by atoms with E-state index in [1.54, 1.807) is 4.68 Å². The molecule has 0 aliphatic rings. The second kappa shape index (κ2) is 8.13. The van der Waals surface area contributed by atoms with E-state index in [0.717, 1.165) is 27.9 Å². The standard InChI is InChI=1S/C24H21ClN4O/c1-15-9-11-19(13-17(15)3)26-24(30)22-27-23(18-7-5-4-6-8-18)29(28-22)20-12-10-16(2)21(25)14-20/h4-14H,1-3H3,(H,26,30). The van der Waals surface area contributed by atoms with Crippen molar-refractivity contribution in [2.24, 2.45) is 0 Å². The Morgan fingerprint density at radius 3 is 2.33 bits per heavy atom. The fourth-order valence-corrected chi connectivity index (χ4v) is 3.26. The van der Waals surface area contributed by atoms with Crippen molar-refractivity contribution in [3.63, 3.8) is 0 Å². The first kappa shape index (κ1) is 19.9. The first-order valence-corrected chi connectivity index (χ1v) is 9.98. The molecule has 0 bridgehead atoms. The minimum Gasteiger partial charge on any atom is -0.319 e. The molecule has 30 heavy (non-hydrogen) atoms. The number of rotatable bonds is 4. The van der Waals surface area contributed by atoms with Gasteiger partial charge in [0.2, 0.25) is 5.82 Å². The van der Waals surface area contributed by atoms with Gasteiger partial charge in [0, 0.05) is 16.3 Å². The van der Waals surface area contributed by atoms with Gasteiger partial charge in [-0.1, -0.05) is 54.1 Å². The van der Waals surface area contributed by atoms with E-state index >= 15 is 0 Å². The van der Waals surface area contributed by atoms with Crippen LogP contribution < -0.4 is 5.32 Å². The fraction of sp³-hybridized carbons (Fsp3) is 0.125. The van der Waals surface area contributed by atoms with Gasteiger partial charge in [0.15, 0.2) is 5.82 Å². The predicted molar refractivity (Wildman–Crippen MR) is 120 cm³/mol. The zero-order valence-electron chi connectivity index (χ0n) is 17.0. The van der Waals surface area contributed by atoms with Gasteiger partial charge >= 0.3 is 0 Å². The second-order valence-electron chi connectivity index (χ2n) is 7.22. The number of hydrogen-bond acceptors (Lipinski definition) is 3. The highest BCUT2D eigenvalue weighted by Crippen LogP contribution is 2.25. The number of amides is 1. The van der Waals surface area contributed by atoms with Crippen LogP contribution in [-0.4, -0.2) is 20.7 Å². The number of aryl methyl sites for hydroxylation is 3. The molecule has 6 heteroatoms. The quantitative estimate of drug-likeness (QED) is 0.459. The molecule has 0 aliphatic carbocycles. The Morgan fingerprint density at radius 1 is 0.900 bits per heavy atom. The van der Waals surface area contributed by atoms with Crippen LogP contribution in [-0.2, 0) is 0 Å². The topological polar surface area (TPSA) is 59.8 Å². The van der Waals surface area contributed by atoms with Crippen LogP contribution in [0, 0.1) is 20.8 Å². The molecule has 0 unspecified atom stereocenters. The van der Waals surface area contributed by atoms with Gasteiger partial charge in [-0.25, -0.2) is 9.67 Å². The lowest BCUT2D eigenvalue weighted by Crippen LogP contribution is -2.14. The van der Waals surface area contributed by atoms with Crippen LogP contribution in [0.3, 0.4) is 0 Å². The first-order chi connectivity index (χ1) is 14.4. The van der Waals surface area contributed by atoms with Crippen LogP contribution in [0.2, 0.25) is 5.02 Å². The number of carbonyl (C=O) groups is 1.